The maximum absolute atomic E-state index is 13.5. The lowest BCUT2D eigenvalue weighted by Crippen LogP contribution is -2.06. The largest absolute Gasteiger partial charge is 0.288 e. The van der Waals surface area contributed by atoms with Gasteiger partial charge in [0.2, 0.25) is 0 Å². The van der Waals surface area contributed by atoms with Gasteiger partial charge in [-0.3, -0.25) is 4.79 Å². The smallest absolute Gasteiger partial charge is 0.197 e. The van der Waals surface area contributed by atoms with Gasteiger partial charge in [0, 0.05) is 5.56 Å². The van der Waals surface area contributed by atoms with E-state index in [4.69, 9.17) is 11.6 Å². The highest BCUT2D eigenvalue weighted by Gasteiger charge is 2.18. The summed E-state index contributed by atoms with van der Waals surface area (Å²) in [5.74, 6) is -2.05. The van der Waals surface area contributed by atoms with Gasteiger partial charge in [0.25, 0.3) is 0 Å². The molecule has 92 valence electrons. The van der Waals surface area contributed by atoms with Crippen molar-refractivity contribution in [3.05, 3.63) is 69.7 Å². The van der Waals surface area contributed by atoms with Gasteiger partial charge in [0.1, 0.15) is 11.6 Å². The van der Waals surface area contributed by atoms with E-state index in [0.717, 1.165) is 18.2 Å². The van der Waals surface area contributed by atoms with Crippen LogP contribution in [0.2, 0.25) is 5.02 Å². The van der Waals surface area contributed by atoms with E-state index in [-0.39, 0.29) is 16.1 Å². The van der Waals surface area contributed by atoms with Crippen molar-refractivity contribution in [1.29, 1.82) is 0 Å². The summed E-state index contributed by atoms with van der Waals surface area (Å²) in [7, 11) is 0. The first kappa shape index (κ1) is 12.7. The average molecular weight is 267 g/mol. The molecule has 0 aromatic heterocycles. The molecule has 0 heterocycles. The van der Waals surface area contributed by atoms with Crippen molar-refractivity contribution >= 4 is 17.4 Å². The number of halogens is 3. The quantitative estimate of drug-likeness (QED) is 0.746. The first-order valence-corrected chi connectivity index (χ1v) is 5.63. The molecule has 0 atom stereocenters. The second-order valence-electron chi connectivity index (χ2n) is 3.89. The standard InChI is InChI=1S/C14H9ClF2O/c1-8-3-2-4-10(13(8)15)14(18)11-7-9(16)5-6-12(11)17/h2-7H,1H3. The fourth-order valence-corrected chi connectivity index (χ4v) is 1.85. The van der Waals surface area contributed by atoms with E-state index in [0.29, 0.717) is 5.56 Å². The van der Waals surface area contributed by atoms with Gasteiger partial charge in [0.05, 0.1) is 10.6 Å². The molecular formula is C14H9ClF2O. The topological polar surface area (TPSA) is 17.1 Å². The van der Waals surface area contributed by atoms with Gasteiger partial charge < -0.3 is 0 Å². The van der Waals surface area contributed by atoms with Crippen LogP contribution in [0.25, 0.3) is 0 Å². The fourth-order valence-electron chi connectivity index (χ4n) is 1.64. The first-order valence-electron chi connectivity index (χ1n) is 5.25. The van der Waals surface area contributed by atoms with Gasteiger partial charge in [-0.1, -0.05) is 23.7 Å². The predicted molar refractivity (Wildman–Crippen MR) is 66.0 cm³/mol. The van der Waals surface area contributed by atoms with Crippen LogP contribution in [0, 0.1) is 18.6 Å². The van der Waals surface area contributed by atoms with Crippen molar-refractivity contribution in [2.24, 2.45) is 0 Å². The molecule has 0 saturated carbocycles. The number of carbonyl (C=O) groups is 1. The van der Waals surface area contributed by atoms with E-state index >= 15 is 0 Å². The third kappa shape index (κ3) is 2.27. The van der Waals surface area contributed by atoms with Gasteiger partial charge in [-0.15, -0.1) is 0 Å². The molecule has 0 aliphatic heterocycles. The van der Waals surface area contributed by atoms with E-state index < -0.39 is 17.4 Å². The van der Waals surface area contributed by atoms with Crippen LogP contribution in [-0.4, -0.2) is 5.78 Å². The molecule has 0 saturated heterocycles. The zero-order valence-electron chi connectivity index (χ0n) is 9.51. The molecule has 0 amide bonds. The lowest BCUT2D eigenvalue weighted by Gasteiger charge is -2.07. The Morgan fingerprint density at radius 2 is 1.83 bits per heavy atom. The number of carbonyl (C=O) groups excluding carboxylic acids is 1. The number of hydrogen-bond donors (Lipinski definition) is 0. The molecule has 0 radical (unpaired) electrons. The minimum Gasteiger partial charge on any atom is -0.288 e. The minimum atomic E-state index is -0.765. The van der Waals surface area contributed by atoms with Crippen LogP contribution in [-0.2, 0) is 0 Å². The van der Waals surface area contributed by atoms with E-state index in [1.807, 2.05) is 0 Å². The summed E-state index contributed by atoms with van der Waals surface area (Å²) in [6.45, 7) is 1.74. The van der Waals surface area contributed by atoms with Crippen LogP contribution in [0.15, 0.2) is 36.4 Å². The number of benzene rings is 2. The number of ketones is 1. The molecule has 0 bridgehead atoms. The zero-order valence-corrected chi connectivity index (χ0v) is 10.3. The van der Waals surface area contributed by atoms with Crippen LogP contribution in [0.4, 0.5) is 8.78 Å². The highest BCUT2D eigenvalue weighted by atomic mass is 35.5. The van der Waals surface area contributed by atoms with Crippen LogP contribution < -0.4 is 0 Å². The first-order chi connectivity index (χ1) is 8.50. The highest BCUT2D eigenvalue weighted by Crippen LogP contribution is 2.24. The molecule has 0 aliphatic carbocycles. The summed E-state index contributed by atoms with van der Waals surface area (Å²) >= 11 is 5.99. The van der Waals surface area contributed by atoms with E-state index in [9.17, 15) is 13.6 Å². The van der Waals surface area contributed by atoms with Crippen molar-refractivity contribution in [2.45, 2.75) is 6.92 Å². The molecule has 2 aromatic rings. The van der Waals surface area contributed by atoms with Gasteiger partial charge in [-0.05, 0) is 36.8 Å². The Hall–Kier alpha value is -1.74. The maximum Gasteiger partial charge on any atom is 0.197 e. The maximum atomic E-state index is 13.5. The third-order valence-electron chi connectivity index (χ3n) is 2.61. The Labute approximate surface area is 108 Å². The molecule has 1 nitrogen and oxygen atoms in total. The number of aryl methyl sites for hydroxylation is 1. The summed E-state index contributed by atoms with van der Waals surface area (Å²) in [6.07, 6.45) is 0. The summed E-state index contributed by atoms with van der Waals surface area (Å²) in [5, 5.41) is 0.256. The highest BCUT2D eigenvalue weighted by molar-refractivity contribution is 6.35. The predicted octanol–water partition coefficient (Wildman–Crippen LogP) is 4.16. The van der Waals surface area contributed by atoms with Crippen molar-refractivity contribution in [2.75, 3.05) is 0 Å². The van der Waals surface area contributed by atoms with Gasteiger partial charge >= 0.3 is 0 Å². The van der Waals surface area contributed by atoms with Crippen molar-refractivity contribution in [3.8, 4) is 0 Å². The lowest BCUT2D eigenvalue weighted by molar-refractivity contribution is 0.103. The Morgan fingerprint density at radius 1 is 1.11 bits per heavy atom. The average Bonchev–Trinajstić information content (AvgIpc) is 2.35. The van der Waals surface area contributed by atoms with Crippen molar-refractivity contribution in [3.63, 3.8) is 0 Å². The van der Waals surface area contributed by atoms with Crippen molar-refractivity contribution in [1.82, 2.24) is 0 Å². The number of hydrogen-bond acceptors (Lipinski definition) is 1. The van der Waals surface area contributed by atoms with E-state index in [2.05, 4.69) is 0 Å². The Balaban J connectivity index is 2.55. The summed E-state index contributed by atoms with van der Waals surface area (Å²) in [6, 6.07) is 7.63. The second-order valence-corrected chi connectivity index (χ2v) is 4.27. The molecule has 2 rings (SSSR count). The summed E-state index contributed by atoms with van der Waals surface area (Å²) in [4.78, 5) is 12.1. The lowest BCUT2D eigenvalue weighted by atomic mass is 10.0. The zero-order chi connectivity index (χ0) is 13.3. The third-order valence-corrected chi connectivity index (χ3v) is 3.11. The molecule has 0 aliphatic rings. The molecule has 18 heavy (non-hydrogen) atoms. The van der Waals surface area contributed by atoms with Gasteiger partial charge in [-0.2, -0.15) is 0 Å². The van der Waals surface area contributed by atoms with Crippen LogP contribution in [0.5, 0.6) is 0 Å². The Bertz CT molecular complexity index is 619. The number of rotatable bonds is 2. The Kier molecular flexibility index (Phi) is 3.43. The molecule has 0 N–H and O–H groups in total. The molecular weight excluding hydrogens is 258 g/mol. The molecule has 2 aromatic carbocycles. The molecule has 0 fully saturated rings. The van der Waals surface area contributed by atoms with Gasteiger partial charge in [0.15, 0.2) is 5.78 Å². The monoisotopic (exact) mass is 266 g/mol. The van der Waals surface area contributed by atoms with Crippen LogP contribution in [0.3, 0.4) is 0 Å². The molecule has 0 unspecified atom stereocenters. The van der Waals surface area contributed by atoms with E-state index in [1.54, 1.807) is 19.1 Å². The summed E-state index contributed by atoms with van der Waals surface area (Å²) in [5.41, 5.74) is 0.558. The normalized spacial score (nSPS) is 10.4. The second kappa shape index (κ2) is 4.86. The van der Waals surface area contributed by atoms with Gasteiger partial charge in [-0.25, -0.2) is 8.78 Å². The SMILES string of the molecule is Cc1cccc(C(=O)c2cc(F)ccc2F)c1Cl. The molecule has 0 spiro atoms. The Morgan fingerprint density at radius 3 is 2.56 bits per heavy atom. The fraction of sp³-hybridized carbons (Fsp3) is 0.0714. The van der Waals surface area contributed by atoms with Crippen molar-refractivity contribution < 1.29 is 13.6 Å². The van der Waals surface area contributed by atoms with E-state index in [1.165, 1.54) is 6.07 Å². The molecule has 4 heteroatoms. The summed E-state index contributed by atoms with van der Waals surface area (Å²) < 4.78 is 26.6. The van der Waals surface area contributed by atoms with Crippen LogP contribution >= 0.6 is 11.6 Å². The minimum absolute atomic E-state index is 0.168. The van der Waals surface area contributed by atoms with Crippen LogP contribution in [0.1, 0.15) is 21.5 Å².